The van der Waals surface area contributed by atoms with Gasteiger partial charge in [0.1, 0.15) is 17.9 Å². The first-order valence-electron chi connectivity index (χ1n) is 11.3. The van der Waals surface area contributed by atoms with E-state index in [9.17, 15) is 4.79 Å². The van der Waals surface area contributed by atoms with Gasteiger partial charge in [0.15, 0.2) is 5.76 Å². The highest BCUT2D eigenvalue weighted by atomic mass is 16.5. The van der Waals surface area contributed by atoms with Crippen molar-refractivity contribution in [3.8, 4) is 5.75 Å². The molecule has 2 aromatic carbocycles. The number of benzene rings is 2. The summed E-state index contributed by atoms with van der Waals surface area (Å²) in [4.78, 5) is 15.1. The van der Waals surface area contributed by atoms with Crippen molar-refractivity contribution in [3.63, 3.8) is 0 Å². The Labute approximate surface area is 189 Å². The van der Waals surface area contributed by atoms with Crippen LogP contribution in [-0.2, 0) is 11.3 Å². The first kappa shape index (κ1) is 22.4. The van der Waals surface area contributed by atoms with E-state index < -0.39 is 0 Å². The molecular formula is C26H32N2O4. The summed E-state index contributed by atoms with van der Waals surface area (Å²) >= 11 is 0. The average molecular weight is 437 g/mol. The van der Waals surface area contributed by atoms with Gasteiger partial charge >= 0.3 is 0 Å². The molecule has 1 aromatic heterocycles. The van der Waals surface area contributed by atoms with Gasteiger partial charge in [-0.1, -0.05) is 30.3 Å². The zero-order valence-corrected chi connectivity index (χ0v) is 19.1. The smallest absolute Gasteiger partial charge is 0.287 e. The van der Waals surface area contributed by atoms with E-state index in [4.69, 9.17) is 13.9 Å². The Balaban J connectivity index is 1.31. The predicted octanol–water partition coefficient (Wildman–Crippen LogP) is 4.47. The number of furan rings is 1. The van der Waals surface area contributed by atoms with Gasteiger partial charge in [0, 0.05) is 43.3 Å². The number of para-hydroxylation sites is 1. The molecule has 0 aliphatic carbocycles. The maximum Gasteiger partial charge on any atom is 0.287 e. The summed E-state index contributed by atoms with van der Waals surface area (Å²) in [7, 11) is 2.15. The molecule has 1 amide bonds. The lowest BCUT2D eigenvalue weighted by atomic mass is 10.1. The summed E-state index contributed by atoms with van der Waals surface area (Å²) in [6, 6.07) is 14.4. The largest absolute Gasteiger partial charge is 0.492 e. The van der Waals surface area contributed by atoms with E-state index in [-0.39, 0.29) is 5.91 Å². The van der Waals surface area contributed by atoms with Crippen LogP contribution in [0.5, 0.6) is 5.75 Å². The van der Waals surface area contributed by atoms with E-state index >= 15 is 0 Å². The fraction of sp³-hybridized carbons (Fsp3) is 0.423. The molecule has 1 aliphatic heterocycles. The molecule has 3 aromatic rings. The van der Waals surface area contributed by atoms with Crippen LogP contribution in [-0.4, -0.2) is 50.3 Å². The minimum atomic E-state index is -0.206. The minimum absolute atomic E-state index is 0.206. The predicted molar refractivity (Wildman–Crippen MR) is 125 cm³/mol. The Morgan fingerprint density at radius 3 is 2.72 bits per heavy atom. The third kappa shape index (κ3) is 5.14. The molecule has 0 bridgehead atoms. The van der Waals surface area contributed by atoms with Crippen LogP contribution in [0.3, 0.4) is 0 Å². The molecule has 6 heteroatoms. The lowest BCUT2D eigenvalue weighted by molar-refractivity contribution is 0.0392. The van der Waals surface area contributed by atoms with Crippen LogP contribution < -0.4 is 10.1 Å². The van der Waals surface area contributed by atoms with Crippen LogP contribution in [0.15, 0.2) is 46.9 Å². The third-order valence-electron chi connectivity index (χ3n) is 6.25. The lowest BCUT2D eigenvalue weighted by Crippen LogP contribution is -2.38. The van der Waals surface area contributed by atoms with E-state index in [2.05, 4.69) is 17.3 Å². The topological polar surface area (TPSA) is 63.9 Å². The van der Waals surface area contributed by atoms with Crippen molar-refractivity contribution in [1.29, 1.82) is 0 Å². The van der Waals surface area contributed by atoms with E-state index in [1.54, 1.807) is 0 Å². The van der Waals surface area contributed by atoms with Gasteiger partial charge in [-0.2, -0.15) is 0 Å². The van der Waals surface area contributed by atoms with E-state index in [1.807, 2.05) is 56.3 Å². The molecule has 4 rings (SSSR count). The highest BCUT2D eigenvalue weighted by Gasteiger charge is 2.19. The zero-order valence-electron chi connectivity index (χ0n) is 19.1. The Bertz CT molecular complexity index is 1070. The number of nitrogens with zero attached hydrogens (tertiary/aromatic N) is 1. The fourth-order valence-corrected chi connectivity index (χ4v) is 4.22. The molecule has 1 saturated heterocycles. The molecule has 6 nitrogen and oxygen atoms in total. The molecule has 1 aliphatic rings. The summed E-state index contributed by atoms with van der Waals surface area (Å²) < 4.78 is 17.3. The monoisotopic (exact) mass is 436 g/mol. The molecular weight excluding hydrogens is 404 g/mol. The van der Waals surface area contributed by atoms with Gasteiger partial charge in [-0.3, -0.25) is 9.69 Å². The van der Waals surface area contributed by atoms with Crippen molar-refractivity contribution in [2.24, 2.45) is 0 Å². The highest BCUT2D eigenvalue weighted by Crippen LogP contribution is 2.27. The number of aryl methyl sites for hydroxylation is 2. The molecule has 2 heterocycles. The van der Waals surface area contributed by atoms with Crippen LogP contribution in [0.25, 0.3) is 11.0 Å². The van der Waals surface area contributed by atoms with Crippen molar-refractivity contribution in [2.75, 3.05) is 33.4 Å². The van der Waals surface area contributed by atoms with Crippen LogP contribution >= 0.6 is 0 Å². The van der Waals surface area contributed by atoms with Crippen molar-refractivity contribution < 1.29 is 18.7 Å². The molecule has 1 N–H and O–H groups in total. The summed E-state index contributed by atoms with van der Waals surface area (Å²) in [5.74, 6) is 0.980. The van der Waals surface area contributed by atoms with Gasteiger partial charge in [-0.25, -0.2) is 0 Å². The number of rotatable bonds is 8. The van der Waals surface area contributed by atoms with Gasteiger partial charge in [0.05, 0.1) is 0 Å². The maximum absolute atomic E-state index is 12.8. The van der Waals surface area contributed by atoms with E-state index in [0.717, 1.165) is 66.0 Å². The Morgan fingerprint density at radius 2 is 1.94 bits per heavy atom. The quantitative estimate of drug-likeness (QED) is 0.565. The molecule has 170 valence electrons. The molecule has 0 spiro atoms. The van der Waals surface area contributed by atoms with Gasteiger partial charge in [0.2, 0.25) is 0 Å². The molecule has 32 heavy (non-hydrogen) atoms. The number of likely N-dealkylation sites (N-methyl/N-ethyl adjacent to an activating group) is 1. The number of ether oxygens (including phenoxy) is 2. The number of hydrogen-bond donors (Lipinski definition) is 1. The molecule has 0 atom stereocenters. The number of amides is 1. The standard InChI is InChI=1S/C26H32N2O4/c1-18-6-4-9-23-19(2)25(32-24(18)23)26(29)27-17-20-7-5-8-22(16-20)31-15-12-28(3)21-10-13-30-14-11-21/h4-9,16,21H,10-15,17H2,1-3H3,(H,27,29). The molecule has 1 fully saturated rings. The second-order valence-electron chi connectivity index (χ2n) is 8.51. The fourth-order valence-electron chi connectivity index (χ4n) is 4.22. The third-order valence-corrected chi connectivity index (χ3v) is 6.25. The Hall–Kier alpha value is -2.83. The number of nitrogens with one attached hydrogen (secondary N) is 1. The van der Waals surface area contributed by atoms with E-state index in [1.165, 1.54) is 0 Å². The van der Waals surface area contributed by atoms with Crippen LogP contribution in [0.2, 0.25) is 0 Å². The second-order valence-corrected chi connectivity index (χ2v) is 8.51. The minimum Gasteiger partial charge on any atom is -0.492 e. The highest BCUT2D eigenvalue weighted by molar-refractivity contribution is 5.99. The lowest BCUT2D eigenvalue weighted by Gasteiger charge is -2.31. The number of carbonyl (C=O) groups excluding carboxylic acids is 1. The van der Waals surface area contributed by atoms with Gasteiger partial charge < -0.3 is 19.2 Å². The normalized spacial score (nSPS) is 14.8. The first-order valence-corrected chi connectivity index (χ1v) is 11.3. The van der Waals surface area contributed by atoms with Crippen molar-refractivity contribution >= 4 is 16.9 Å². The maximum atomic E-state index is 12.8. The van der Waals surface area contributed by atoms with Crippen LogP contribution in [0, 0.1) is 13.8 Å². The number of fused-ring (bicyclic) bond motifs is 1. The van der Waals surface area contributed by atoms with Crippen molar-refractivity contribution in [2.45, 2.75) is 39.3 Å². The SMILES string of the molecule is Cc1c(C(=O)NCc2cccc(OCCN(C)C3CCOCC3)c2)oc2c(C)cccc12. The zero-order chi connectivity index (χ0) is 22.5. The molecule has 0 saturated carbocycles. The molecule has 0 radical (unpaired) electrons. The average Bonchev–Trinajstić information content (AvgIpc) is 3.16. The summed E-state index contributed by atoms with van der Waals surface area (Å²) in [6.07, 6.45) is 2.16. The Morgan fingerprint density at radius 1 is 1.16 bits per heavy atom. The summed E-state index contributed by atoms with van der Waals surface area (Å²) in [5, 5.41) is 3.96. The van der Waals surface area contributed by atoms with E-state index in [0.29, 0.717) is 25.0 Å². The van der Waals surface area contributed by atoms with Crippen LogP contribution in [0.1, 0.15) is 40.1 Å². The first-order chi connectivity index (χ1) is 15.5. The summed E-state index contributed by atoms with van der Waals surface area (Å²) in [6.45, 7) is 7.50. The number of carbonyl (C=O) groups is 1. The summed E-state index contributed by atoms with van der Waals surface area (Å²) in [5.41, 5.74) is 3.65. The molecule has 0 unspecified atom stereocenters. The Kier molecular flexibility index (Phi) is 7.12. The van der Waals surface area contributed by atoms with Gasteiger partial charge in [-0.05, 0) is 57.0 Å². The van der Waals surface area contributed by atoms with Crippen LogP contribution in [0.4, 0.5) is 0 Å². The second kappa shape index (κ2) is 10.2. The van der Waals surface area contributed by atoms with Crippen molar-refractivity contribution in [3.05, 3.63) is 64.9 Å². The van der Waals surface area contributed by atoms with Gasteiger partial charge in [-0.15, -0.1) is 0 Å². The van der Waals surface area contributed by atoms with Gasteiger partial charge in [0.25, 0.3) is 5.91 Å². The van der Waals surface area contributed by atoms with Crippen molar-refractivity contribution in [1.82, 2.24) is 10.2 Å². The number of hydrogen-bond acceptors (Lipinski definition) is 5.